The van der Waals surface area contributed by atoms with Crippen LogP contribution in [0.5, 0.6) is 0 Å². The lowest BCUT2D eigenvalue weighted by molar-refractivity contribution is -0.131. The number of carbonyl (C=O) groups is 2. The highest BCUT2D eigenvalue weighted by atomic mass is 35.5. The van der Waals surface area contributed by atoms with E-state index in [1.807, 2.05) is 12.1 Å². The number of piperazine rings is 1. The molecule has 0 radical (unpaired) electrons. The van der Waals surface area contributed by atoms with E-state index in [-0.39, 0.29) is 11.8 Å². The van der Waals surface area contributed by atoms with E-state index < -0.39 is 0 Å². The largest absolute Gasteiger partial charge is 0.361 e. The molecule has 0 saturated carbocycles. The van der Waals surface area contributed by atoms with E-state index >= 15 is 0 Å². The maximum atomic E-state index is 12.4. The van der Waals surface area contributed by atoms with Crippen molar-refractivity contribution in [3.8, 4) is 0 Å². The van der Waals surface area contributed by atoms with Crippen molar-refractivity contribution < 1.29 is 14.1 Å². The number of carbonyl (C=O) groups excluding carboxylic acids is 2. The number of hydrogen-bond acceptors (Lipinski definition) is 4. The number of hydrogen-bond donors (Lipinski definition) is 0. The first-order chi connectivity index (χ1) is 11.5. The molecule has 7 heteroatoms. The normalized spacial score (nSPS) is 14.8. The van der Waals surface area contributed by atoms with Crippen LogP contribution in [0.2, 0.25) is 5.02 Å². The van der Waals surface area contributed by atoms with Gasteiger partial charge in [0.05, 0.1) is 6.42 Å². The lowest BCUT2D eigenvalue weighted by Crippen LogP contribution is -2.51. The maximum Gasteiger partial charge on any atom is 0.276 e. The quantitative estimate of drug-likeness (QED) is 0.853. The van der Waals surface area contributed by atoms with E-state index in [9.17, 15) is 9.59 Å². The molecule has 0 atom stereocenters. The average molecular weight is 348 g/mol. The standard InChI is InChI=1S/C17H18ClN3O3/c1-12-9-15(19-24-12)17(23)21-7-5-20(6-8-21)16(22)11-13-3-2-4-14(18)10-13/h2-4,9-10H,5-8,11H2,1H3. The molecular formula is C17H18ClN3O3. The van der Waals surface area contributed by atoms with E-state index in [2.05, 4.69) is 5.16 Å². The minimum absolute atomic E-state index is 0.0432. The number of halogens is 1. The molecular weight excluding hydrogens is 330 g/mol. The predicted molar refractivity (Wildman–Crippen MR) is 88.9 cm³/mol. The second-order valence-corrected chi connectivity index (χ2v) is 6.24. The zero-order valence-corrected chi connectivity index (χ0v) is 14.1. The Morgan fingerprint density at radius 1 is 1.17 bits per heavy atom. The number of aromatic nitrogens is 1. The van der Waals surface area contributed by atoms with Crippen LogP contribution in [0, 0.1) is 6.92 Å². The van der Waals surface area contributed by atoms with Crippen molar-refractivity contribution in [1.29, 1.82) is 0 Å². The van der Waals surface area contributed by atoms with Gasteiger partial charge in [-0.25, -0.2) is 0 Å². The number of rotatable bonds is 3. The second kappa shape index (κ2) is 7.05. The van der Waals surface area contributed by atoms with Crippen LogP contribution < -0.4 is 0 Å². The Morgan fingerprint density at radius 3 is 2.50 bits per heavy atom. The third-order valence-electron chi connectivity index (χ3n) is 4.01. The Kier molecular flexibility index (Phi) is 4.85. The van der Waals surface area contributed by atoms with Gasteiger partial charge in [-0.1, -0.05) is 28.9 Å². The smallest absolute Gasteiger partial charge is 0.276 e. The van der Waals surface area contributed by atoms with Crippen LogP contribution >= 0.6 is 11.6 Å². The zero-order valence-electron chi connectivity index (χ0n) is 13.4. The molecule has 0 unspecified atom stereocenters. The van der Waals surface area contributed by atoms with Crippen LogP contribution in [0.1, 0.15) is 21.8 Å². The van der Waals surface area contributed by atoms with Crippen LogP contribution in [0.15, 0.2) is 34.9 Å². The molecule has 1 aromatic heterocycles. The monoisotopic (exact) mass is 347 g/mol. The summed E-state index contributed by atoms with van der Waals surface area (Å²) in [5.41, 5.74) is 1.20. The molecule has 0 N–H and O–H groups in total. The molecule has 1 aromatic carbocycles. The maximum absolute atomic E-state index is 12.4. The Hall–Kier alpha value is -2.34. The molecule has 0 bridgehead atoms. The Labute approximate surface area is 145 Å². The Morgan fingerprint density at radius 2 is 1.88 bits per heavy atom. The first-order valence-electron chi connectivity index (χ1n) is 7.78. The molecule has 24 heavy (non-hydrogen) atoms. The topological polar surface area (TPSA) is 66.7 Å². The highest BCUT2D eigenvalue weighted by molar-refractivity contribution is 6.30. The first kappa shape index (κ1) is 16.5. The summed E-state index contributed by atoms with van der Waals surface area (Å²) in [6.45, 7) is 3.76. The molecule has 0 aliphatic carbocycles. The molecule has 126 valence electrons. The van der Waals surface area contributed by atoms with E-state index in [0.29, 0.717) is 49.1 Å². The molecule has 1 saturated heterocycles. The highest BCUT2D eigenvalue weighted by Gasteiger charge is 2.26. The van der Waals surface area contributed by atoms with Gasteiger partial charge in [0.25, 0.3) is 5.91 Å². The van der Waals surface area contributed by atoms with E-state index in [1.54, 1.807) is 34.9 Å². The van der Waals surface area contributed by atoms with Gasteiger partial charge in [-0.05, 0) is 24.6 Å². The van der Waals surface area contributed by atoms with Gasteiger partial charge < -0.3 is 14.3 Å². The summed E-state index contributed by atoms with van der Waals surface area (Å²) in [6.07, 6.45) is 0.316. The van der Waals surface area contributed by atoms with Gasteiger partial charge >= 0.3 is 0 Å². The summed E-state index contributed by atoms with van der Waals surface area (Å²) < 4.78 is 4.94. The fraction of sp³-hybridized carbons (Fsp3) is 0.353. The van der Waals surface area contributed by atoms with Crippen molar-refractivity contribution in [1.82, 2.24) is 15.0 Å². The SMILES string of the molecule is Cc1cc(C(=O)N2CCN(C(=O)Cc3cccc(Cl)c3)CC2)no1. The number of nitrogens with zero attached hydrogens (tertiary/aromatic N) is 3. The van der Waals surface area contributed by atoms with Gasteiger partial charge in [-0.3, -0.25) is 9.59 Å². The van der Waals surface area contributed by atoms with Crippen molar-refractivity contribution in [2.75, 3.05) is 26.2 Å². The second-order valence-electron chi connectivity index (χ2n) is 5.80. The van der Waals surface area contributed by atoms with E-state index in [0.717, 1.165) is 5.56 Å². The summed E-state index contributed by atoms with van der Waals surface area (Å²) in [7, 11) is 0. The summed E-state index contributed by atoms with van der Waals surface area (Å²) in [4.78, 5) is 28.2. The number of amides is 2. The molecule has 6 nitrogen and oxygen atoms in total. The molecule has 2 aromatic rings. The first-order valence-corrected chi connectivity index (χ1v) is 8.15. The van der Waals surface area contributed by atoms with Crippen molar-refractivity contribution in [3.05, 3.63) is 52.4 Å². The number of benzene rings is 1. The lowest BCUT2D eigenvalue weighted by atomic mass is 10.1. The third-order valence-corrected chi connectivity index (χ3v) is 4.25. The van der Waals surface area contributed by atoms with Gasteiger partial charge in [0.2, 0.25) is 5.91 Å². The third kappa shape index (κ3) is 3.76. The zero-order chi connectivity index (χ0) is 17.1. The van der Waals surface area contributed by atoms with E-state index in [1.165, 1.54) is 0 Å². The van der Waals surface area contributed by atoms with Crippen molar-refractivity contribution >= 4 is 23.4 Å². The van der Waals surface area contributed by atoms with Crippen molar-refractivity contribution in [3.63, 3.8) is 0 Å². The molecule has 1 fully saturated rings. The summed E-state index contributed by atoms with van der Waals surface area (Å²) in [6, 6.07) is 8.93. The summed E-state index contributed by atoms with van der Waals surface area (Å²) in [5, 5.41) is 4.37. The average Bonchev–Trinajstić information content (AvgIpc) is 3.01. The predicted octanol–water partition coefficient (Wildman–Crippen LogP) is 2.16. The van der Waals surface area contributed by atoms with Gasteiger partial charge in [0, 0.05) is 37.3 Å². The summed E-state index contributed by atoms with van der Waals surface area (Å²) >= 11 is 5.95. The van der Waals surface area contributed by atoms with E-state index in [4.69, 9.17) is 16.1 Å². The van der Waals surface area contributed by atoms with Crippen LogP contribution in [-0.4, -0.2) is 52.9 Å². The highest BCUT2D eigenvalue weighted by Crippen LogP contribution is 2.14. The molecule has 2 amide bonds. The molecule has 1 aliphatic rings. The fourth-order valence-electron chi connectivity index (χ4n) is 2.72. The fourth-order valence-corrected chi connectivity index (χ4v) is 2.93. The molecule has 1 aliphatic heterocycles. The van der Waals surface area contributed by atoms with Crippen LogP contribution in [0.3, 0.4) is 0 Å². The Bertz CT molecular complexity index is 751. The minimum atomic E-state index is -0.159. The van der Waals surface area contributed by atoms with Crippen LogP contribution in [-0.2, 0) is 11.2 Å². The summed E-state index contributed by atoms with van der Waals surface area (Å²) in [5.74, 6) is 0.490. The van der Waals surface area contributed by atoms with Crippen LogP contribution in [0.4, 0.5) is 0 Å². The Balaban J connectivity index is 1.54. The molecule has 2 heterocycles. The van der Waals surface area contributed by atoms with Gasteiger partial charge in [-0.2, -0.15) is 0 Å². The molecule has 3 rings (SSSR count). The lowest BCUT2D eigenvalue weighted by Gasteiger charge is -2.34. The van der Waals surface area contributed by atoms with Gasteiger partial charge in [0.1, 0.15) is 5.76 Å². The van der Waals surface area contributed by atoms with Crippen molar-refractivity contribution in [2.45, 2.75) is 13.3 Å². The van der Waals surface area contributed by atoms with Gasteiger partial charge in [-0.15, -0.1) is 0 Å². The minimum Gasteiger partial charge on any atom is -0.361 e. The van der Waals surface area contributed by atoms with Gasteiger partial charge in [0.15, 0.2) is 5.69 Å². The van der Waals surface area contributed by atoms with Crippen LogP contribution in [0.25, 0.3) is 0 Å². The van der Waals surface area contributed by atoms with Crippen molar-refractivity contribution in [2.24, 2.45) is 0 Å². The molecule has 0 spiro atoms. The number of aryl methyl sites for hydroxylation is 1.